The average molecular weight is 527 g/mol. The highest BCUT2D eigenvalue weighted by atomic mass is 15.1. The second-order valence-electron chi connectivity index (χ2n) is 11.5. The molecule has 2 nitrogen and oxygen atoms in total. The van der Waals surface area contributed by atoms with Crippen LogP contribution < -0.4 is 4.90 Å². The minimum absolute atomic E-state index is 0.0703. The van der Waals surface area contributed by atoms with Crippen molar-refractivity contribution in [2.75, 3.05) is 4.90 Å². The third kappa shape index (κ3) is 3.64. The van der Waals surface area contributed by atoms with Gasteiger partial charge in [0.25, 0.3) is 0 Å². The number of hydrogen-bond donors (Lipinski definition) is 1. The van der Waals surface area contributed by atoms with Crippen LogP contribution in [0.3, 0.4) is 0 Å². The molecule has 0 bridgehead atoms. The van der Waals surface area contributed by atoms with Crippen molar-refractivity contribution in [2.45, 2.75) is 19.3 Å². The maximum absolute atomic E-state index is 3.70. The van der Waals surface area contributed by atoms with Crippen molar-refractivity contribution in [3.63, 3.8) is 0 Å². The number of aromatic nitrogens is 1. The molecule has 0 saturated carbocycles. The van der Waals surface area contributed by atoms with Crippen LogP contribution >= 0.6 is 0 Å². The summed E-state index contributed by atoms with van der Waals surface area (Å²) in [6, 6.07) is 50.5. The normalized spacial score (nSPS) is 13.3. The van der Waals surface area contributed by atoms with E-state index in [0.29, 0.717) is 0 Å². The highest BCUT2D eigenvalue weighted by Crippen LogP contribution is 2.51. The first-order chi connectivity index (χ1) is 20.1. The summed E-state index contributed by atoms with van der Waals surface area (Å²) in [5, 5.41) is 2.53. The number of anilines is 3. The van der Waals surface area contributed by atoms with E-state index >= 15 is 0 Å². The summed E-state index contributed by atoms with van der Waals surface area (Å²) < 4.78 is 0. The second kappa shape index (κ2) is 8.97. The van der Waals surface area contributed by atoms with Crippen molar-refractivity contribution in [1.29, 1.82) is 0 Å². The van der Waals surface area contributed by atoms with E-state index in [9.17, 15) is 0 Å². The first-order valence-corrected chi connectivity index (χ1v) is 14.3. The zero-order chi connectivity index (χ0) is 27.6. The molecule has 1 aromatic heterocycles. The van der Waals surface area contributed by atoms with Gasteiger partial charge in [0.05, 0.1) is 5.52 Å². The van der Waals surface area contributed by atoms with Crippen molar-refractivity contribution in [1.82, 2.24) is 4.98 Å². The largest absolute Gasteiger partial charge is 0.354 e. The lowest BCUT2D eigenvalue weighted by Crippen LogP contribution is -2.15. The molecule has 0 unspecified atom stereocenters. The maximum Gasteiger partial charge on any atom is 0.0544 e. The molecule has 8 rings (SSSR count). The fourth-order valence-corrected chi connectivity index (χ4v) is 6.78. The van der Waals surface area contributed by atoms with E-state index in [2.05, 4.69) is 163 Å². The van der Waals surface area contributed by atoms with E-state index in [1.54, 1.807) is 0 Å². The molecular weight excluding hydrogens is 496 g/mol. The van der Waals surface area contributed by atoms with Crippen molar-refractivity contribution in [3.8, 4) is 22.3 Å². The Kier molecular flexibility index (Phi) is 5.20. The van der Waals surface area contributed by atoms with Crippen molar-refractivity contribution < 1.29 is 0 Å². The molecule has 6 aromatic carbocycles. The molecular formula is C39H30N2. The van der Waals surface area contributed by atoms with Crippen LogP contribution in [0.1, 0.15) is 25.0 Å². The van der Waals surface area contributed by atoms with Crippen molar-refractivity contribution in [3.05, 3.63) is 151 Å². The molecule has 1 aliphatic carbocycles. The number of fused-ring (bicyclic) bond motifs is 6. The molecule has 196 valence electrons. The molecule has 0 atom stereocenters. The summed E-state index contributed by atoms with van der Waals surface area (Å²) in [4.78, 5) is 6.05. The van der Waals surface area contributed by atoms with Crippen LogP contribution in [0.15, 0.2) is 140 Å². The van der Waals surface area contributed by atoms with Gasteiger partial charge in [-0.15, -0.1) is 0 Å². The summed E-state index contributed by atoms with van der Waals surface area (Å²) in [6.45, 7) is 4.70. The third-order valence-electron chi connectivity index (χ3n) is 8.80. The third-order valence-corrected chi connectivity index (χ3v) is 8.80. The molecule has 0 radical (unpaired) electrons. The lowest BCUT2D eigenvalue weighted by atomic mass is 9.82. The second-order valence-corrected chi connectivity index (χ2v) is 11.5. The van der Waals surface area contributed by atoms with E-state index in [0.717, 1.165) is 17.1 Å². The molecule has 0 spiro atoms. The Morgan fingerprint density at radius 3 is 1.83 bits per heavy atom. The fourth-order valence-electron chi connectivity index (χ4n) is 6.78. The van der Waals surface area contributed by atoms with E-state index in [-0.39, 0.29) is 5.41 Å². The Morgan fingerprint density at radius 2 is 1.10 bits per heavy atom. The molecule has 0 fully saturated rings. The minimum Gasteiger partial charge on any atom is -0.354 e. The van der Waals surface area contributed by atoms with Crippen molar-refractivity contribution in [2.24, 2.45) is 0 Å². The van der Waals surface area contributed by atoms with Crippen LogP contribution in [0.5, 0.6) is 0 Å². The van der Waals surface area contributed by atoms with Crippen LogP contribution in [0, 0.1) is 0 Å². The van der Waals surface area contributed by atoms with E-state index < -0.39 is 0 Å². The smallest absolute Gasteiger partial charge is 0.0544 e. The number of benzene rings is 6. The Bertz CT molecular complexity index is 2030. The van der Waals surface area contributed by atoms with Crippen LogP contribution in [-0.2, 0) is 5.41 Å². The van der Waals surface area contributed by atoms with Crippen LogP contribution in [0.4, 0.5) is 17.1 Å². The van der Waals surface area contributed by atoms with E-state index in [1.807, 2.05) is 0 Å². The molecule has 0 amide bonds. The van der Waals surface area contributed by atoms with Gasteiger partial charge < -0.3 is 9.88 Å². The lowest BCUT2D eigenvalue weighted by Gasteiger charge is -2.27. The molecule has 2 heteroatoms. The molecule has 7 aromatic rings. The number of nitrogens with zero attached hydrogens (tertiary/aromatic N) is 1. The van der Waals surface area contributed by atoms with Gasteiger partial charge in [-0.1, -0.05) is 105 Å². The number of nitrogens with one attached hydrogen (secondary N) is 1. The Labute approximate surface area is 240 Å². The van der Waals surface area contributed by atoms with Gasteiger partial charge in [-0.05, 0) is 76.3 Å². The summed E-state index contributed by atoms with van der Waals surface area (Å²) in [7, 11) is 0. The molecule has 0 saturated heterocycles. The molecule has 0 aliphatic heterocycles. The zero-order valence-electron chi connectivity index (χ0n) is 23.2. The van der Waals surface area contributed by atoms with Gasteiger partial charge >= 0.3 is 0 Å². The highest BCUT2D eigenvalue weighted by Gasteiger charge is 2.36. The van der Waals surface area contributed by atoms with E-state index in [1.165, 1.54) is 55.2 Å². The summed E-state index contributed by atoms with van der Waals surface area (Å²) in [5.41, 5.74) is 13.6. The number of para-hydroxylation sites is 4. The van der Waals surface area contributed by atoms with Gasteiger partial charge in [-0.25, -0.2) is 0 Å². The molecule has 41 heavy (non-hydrogen) atoms. The maximum atomic E-state index is 3.70. The average Bonchev–Trinajstić information content (AvgIpc) is 3.50. The number of hydrogen-bond acceptors (Lipinski definition) is 1. The standard InChI is InChI=1S/C39H30N2/c1-39(2)35-22-20-26(30-17-11-18-32-31-16-9-10-19-37(31)40-38(30)32)24-33(35)34-25-29(21-23-36(34)39)41(27-12-5-3-6-13-27)28-14-7-4-8-15-28/h3-25,40H,1-2H3. The summed E-state index contributed by atoms with van der Waals surface area (Å²) >= 11 is 0. The van der Waals surface area contributed by atoms with Crippen molar-refractivity contribution >= 4 is 38.9 Å². The lowest BCUT2D eigenvalue weighted by molar-refractivity contribution is 0.660. The first-order valence-electron chi connectivity index (χ1n) is 14.3. The van der Waals surface area contributed by atoms with Crippen LogP contribution in [0.2, 0.25) is 0 Å². The highest BCUT2D eigenvalue weighted by molar-refractivity contribution is 6.12. The van der Waals surface area contributed by atoms with Gasteiger partial charge in [0, 0.05) is 44.3 Å². The van der Waals surface area contributed by atoms with Crippen LogP contribution in [0.25, 0.3) is 44.1 Å². The van der Waals surface area contributed by atoms with Gasteiger partial charge in [0.2, 0.25) is 0 Å². The van der Waals surface area contributed by atoms with Gasteiger partial charge in [0.15, 0.2) is 0 Å². The first kappa shape index (κ1) is 23.8. The number of H-pyrrole nitrogens is 1. The van der Waals surface area contributed by atoms with E-state index in [4.69, 9.17) is 0 Å². The summed E-state index contributed by atoms with van der Waals surface area (Å²) in [6.07, 6.45) is 0. The van der Waals surface area contributed by atoms with Gasteiger partial charge in [0.1, 0.15) is 0 Å². The Morgan fingerprint density at radius 1 is 0.488 bits per heavy atom. The topological polar surface area (TPSA) is 19.0 Å². The number of aromatic amines is 1. The van der Waals surface area contributed by atoms with Gasteiger partial charge in [-0.2, -0.15) is 0 Å². The Balaban J connectivity index is 1.31. The van der Waals surface area contributed by atoms with Crippen LogP contribution in [-0.4, -0.2) is 4.98 Å². The zero-order valence-corrected chi connectivity index (χ0v) is 23.2. The predicted octanol–water partition coefficient (Wildman–Crippen LogP) is 10.8. The van der Waals surface area contributed by atoms with Gasteiger partial charge in [-0.3, -0.25) is 0 Å². The molecule has 1 aliphatic rings. The fraction of sp³-hybridized carbons (Fsp3) is 0.0769. The SMILES string of the molecule is CC1(C)c2ccc(-c3cccc4c3[nH]c3ccccc34)cc2-c2cc(N(c3ccccc3)c3ccccc3)ccc21. The quantitative estimate of drug-likeness (QED) is 0.242. The summed E-state index contributed by atoms with van der Waals surface area (Å²) in [5.74, 6) is 0. The predicted molar refractivity (Wildman–Crippen MR) is 173 cm³/mol. The Hall–Kier alpha value is -5.08. The molecule has 1 N–H and O–H groups in total. The monoisotopic (exact) mass is 526 g/mol. The minimum atomic E-state index is -0.0703. The molecule has 1 heterocycles. The number of rotatable bonds is 4.